The van der Waals surface area contributed by atoms with Gasteiger partial charge in [-0.05, 0) is 49.5 Å². The van der Waals surface area contributed by atoms with Crippen molar-refractivity contribution in [3.63, 3.8) is 0 Å². The van der Waals surface area contributed by atoms with Crippen molar-refractivity contribution in [1.82, 2.24) is 4.98 Å². The molecule has 1 aliphatic carbocycles. The van der Waals surface area contributed by atoms with Crippen molar-refractivity contribution >= 4 is 56.8 Å². The van der Waals surface area contributed by atoms with Crippen LogP contribution in [0.15, 0.2) is 23.2 Å². The number of hydrogen-bond acceptors (Lipinski definition) is 4. The fourth-order valence-corrected chi connectivity index (χ4v) is 5.51. The van der Waals surface area contributed by atoms with Crippen LogP contribution >= 0.6 is 35.1 Å². The smallest absolute Gasteiger partial charge is 0.114 e. The number of thioether (sulfide) groups is 2. The number of anilines is 1. The molecule has 25 heavy (non-hydrogen) atoms. The number of nitrogens with one attached hydrogen (secondary N) is 2. The van der Waals surface area contributed by atoms with Crippen LogP contribution in [0.1, 0.15) is 37.8 Å². The summed E-state index contributed by atoms with van der Waals surface area (Å²) in [6, 6.07) is 7.32. The lowest BCUT2D eigenvalue weighted by molar-refractivity contribution is 0.745. The molecule has 2 aromatic rings. The van der Waals surface area contributed by atoms with Gasteiger partial charge in [0.1, 0.15) is 5.04 Å². The first-order chi connectivity index (χ1) is 12.2. The van der Waals surface area contributed by atoms with Crippen LogP contribution in [-0.4, -0.2) is 39.9 Å². The van der Waals surface area contributed by atoms with Gasteiger partial charge >= 0.3 is 0 Å². The Morgan fingerprint density at radius 3 is 2.96 bits per heavy atom. The highest BCUT2D eigenvalue weighted by atomic mass is 35.5. The third-order valence-corrected chi connectivity index (χ3v) is 7.02. The molecule has 134 valence electrons. The summed E-state index contributed by atoms with van der Waals surface area (Å²) in [6.07, 6.45) is 8.47. The molecule has 2 aliphatic rings. The summed E-state index contributed by atoms with van der Waals surface area (Å²) in [7, 11) is 0. The fraction of sp³-hybridized carbons (Fsp3) is 0.526. The van der Waals surface area contributed by atoms with Crippen LogP contribution in [0.2, 0.25) is 5.02 Å². The van der Waals surface area contributed by atoms with Crippen molar-refractivity contribution < 1.29 is 0 Å². The third kappa shape index (κ3) is 3.99. The van der Waals surface area contributed by atoms with Gasteiger partial charge in [-0.3, -0.25) is 4.99 Å². The molecule has 1 fully saturated rings. The molecule has 0 radical (unpaired) electrons. The minimum atomic E-state index is 0.457. The van der Waals surface area contributed by atoms with Crippen molar-refractivity contribution in [2.45, 2.75) is 44.2 Å². The number of fused-ring (bicyclic) bond motifs is 1. The maximum atomic E-state index is 6.37. The lowest BCUT2D eigenvalue weighted by atomic mass is 10.2. The Labute approximate surface area is 162 Å². The number of halogens is 1. The lowest BCUT2D eigenvalue weighted by Gasteiger charge is -2.14. The predicted octanol–water partition coefficient (Wildman–Crippen LogP) is 5.79. The number of H-pyrrole nitrogens is 1. The number of nitrogens with zero attached hydrogens (tertiary/aromatic N) is 1. The monoisotopic (exact) mass is 393 g/mol. The van der Waals surface area contributed by atoms with Gasteiger partial charge in [-0.15, -0.1) is 11.8 Å². The molecule has 0 bridgehead atoms. The van der Waals surface area contributed by atoms with Gasteiger partial charge in [0, 0.05) is 22.2 Å². The number of benzene rings is 1. The van der Waals surface area contributed by atoms with E-state index in [-0.39, 0.29) is 0 Å². The van der Waals surface area contributed by atoms with Crippen LogP contribution in [0.3, 0.4) is 0 Å². The Morgan fingerprint density at radius 1 is 1.32 bits per heavy atom. The average molecular weight is 394 g/mol. The highest BCUT2D eigenvalue weighted by Crippen LogP contribution is 2.33. The average Bonchev–Trinajstić information content (AvgIpc) is 3.32. The van der Waals surface area contributed by atoms with Crippen LogP contribution in [0.5, 0.6) is 0 Å². The van der Waals surface area contributed by atoms with E-state index >= 15 is 0 Å². The first kappa shape index (κ1) is 17.6. The Hall–Kier alpha value is -0.780. The van der Waals surface area contributed by atoms with E-state index in [1.54, 1.807) is 0 Å². The van der Waals surface area contributed by atoms with Gasteiger partial charge in [0.2, 0.25) is 0 Å². The van der Waals surface area contributed by atoms with Gasteiger partial charge in [-0.25, -0.2) is 0 Å². The lowest BCUT2D eigenvalue weighted by Crippen LogP contribution is -2.14. The van der Waals surface area contributed by atoms with Gasteiger partial charge in [-0.1, -0.05) is 24.4 Å². The quantitative estimate of drug-likeness (QED) is 0.652. The molecule has 0 saturated heterocycles. The number of rotatable bonds is 6. The maximum Gasteiger partial charge on any atom is 0.114 e. The van der Waals surface area contributed by atoms with Crippen LogP contribution < -0.4 is 5.32 Å². The molecule has 1 aliphatic heterocycles. The molecule has 2 N–H and O–H groups in total. The zero-order valence-electron chi connectivity index (χ0n) is 14.5. The van der Waals surface area contributed by atoms with Gasteiger partial charge in [-0.2, -0.15) is 11.8 Å². The summed E-state index contributed by atoms with van der Waals surface area (Å²) in [6.45, 7) is 0. The zero-order valence-corrected chi connectivity index (χ0v) is 16.9. The Morgan fingerprint density at radius 2 is 2.16 bits per heavy atom. The molecule has 1 aromatic heterocycles. The topological polar surface area (TPSA) is 40.2 Å². The standard InChI is InChI=1S/C19H24ClN3S2/c1-24-7-6-15-11-25-19(22-15)17-9-12-8-13(20)10-16(18(12)23-17)21-14-4-2-3-5-14/h8-10,14-15,21,23H,2-7,11H2,1H3. The van der Waals surface area contributed by atoms with Gasteiger partial charge < -0.3 is 10.3 Å². The summed E-state index contributed by atoms with van der Waals surface area (Å²) in [5, 5.41) is 6.80. The molecule has 1 aromatic carbocycles. The van der Waals surface area contributed by atoms with Crippen LogP contribution in [0, 0.1) is 0 Å². The van der Waals surface area contributed by atoms with Crippen LogP contribution in [0.4, 0.5) is 5.69 Å². The van der Waals surface area contributed by atoms with Crippen molar-refractivity contribution in [3.05, 3.63) is 28.9 Å². The summed E-state index contributed by atoms with van der Waals surface area (Å²) in [4.78, 5) is 8.53. The third-order valence-electron chi connectivity index (χ3n) is 5.01. The van der Waals surface area contributed by atoms with E-state index in [1.165, 1.54) is 36.8 Å². The highest BCUT2D eigenvalue weighted by molar-refractivity contribution is 8.14. The van der Waals surface area contributed by atoms with E-state index in [1.807, 2.05) is 35.7 Å². The molecule has 6 heteroatoms. The van der Waals surface area contributed by atoms with E-state index in [0.717, 1.165) is 39.1 Å². The summed E-state index contributed by atoms with van der Waals surface area (Å²) >= 11 is 10.1. The molecule has 4 rings (SSSR count). The van der Waals surface area contributed by atoms with Crippen LogP contribution in [-0.2, 0) is 0 Å². The zero-order chi connectivity index (χ0) is 17.2. The molecular formula is C19H24ClN3S2. The van der Waals surface area contributed by atoms with Gasteiger partial charge in [0.15, 0.2) is 0 Å². The molecule has 0 spiro atoms. The molecule has 2 heterocycles. The molecule has 0 amide bonds. The molecule has 1 atom stereocenters. The fourth-order valence-electron chi connectivity index (χ4n) is 3.69. The number of aromatic amines is 1. The largest absolute Gasteiger partial charge is 0.381 e. The van der Waals surface area contributed by atoms with Gasteiger partial charge in [0.05, 0.1) is 22.9 Å². The summed E-state index contributed by atoms with van der Waals surface area (Å²) < 4.78 is 0. The van der Waals surface area contributed by atoms with E-state index < -0.39 is 0 Å². The summed E-state index contributed by atoms with van der Waals surface area (Å²) in [5.41, 5.74) is 3.41. The molecule has 3 nitrogen and oxygen atoms in total. The van der Waals surface area contributed by atoms with E-state index in [2.05, 4.69) is 22.6 Å². The van der Waals surface area contributed by atoms with E-state index in [9.17, 15) is 0 Å². The first-order valence-electron chi connectivity index (χ1n) is 9.01. The van der Waals surface area contributed by atoms with Crippen molar-refractivity contribution in [3.8, 4) is 0 Å². The molecule has 1 saturated carbocycles. The highest BCUT2D eigenvalue weighted by Gasteiger charge is 2.22. The normalized spacial score (nSPS) is 21.2. The second-order valence-corrected chi connectivity index (χ2v) is 9.34. The van der Waals surface area contributed by atoms with Crippen molar-refractivity contribution in [2.24, 2.45) is 4.99 Å². The maximum absolute atomic E-state index is 6.37. The Balaban J connectivity index is 1.61. The first-order valence-corrected chi connectivity index (χ1v) is 11.8. The second kappa shape index (κ2) is 7.85. The Bertz CT molecular complexity index is 780. The minimum absolute atomic E-state index is 0.457. The second-order valence-electron chi connectivity index (χ2n) is 6.91. The van der Waals surface area contributed by atoms with Gasteiger partial charge in [0.25, 0.3) is 0 Å². The van der Waals surface area contributed by atoms with Crippen LogP contribution in [0.25, 0.3) is 10.9 Å². The minimum Gasteiger partial charge on any atom is -0.381 e. The van der Waals surface area contributed by atoms with Crippen molar-refractivity contribution in [2.75, 3.05) is 23.1 Å². The Kier molecular flexibility index (Phi) is 5.53. The summed E-state index contributed by atoms with van der Waals surface area (Å²) in [5.74, 6) is 2.28. The molecular weight excluding hydrogens is 370 g/mol. The van der Waals surface area contributed by atoms with E-state index in [4.69, 9.17) is 16.6 Å². The SMILES string of the molecule is CSCCC1CSC(c2cc3cc(Cl)cc(NC4CCCC4)c3[nH]2)=N1. The molecule has 1 unspecified atom stereocenters. The number of hydrogen-bond donors (Lipinski definition) is 2. The van der Waals surface area contributed by atoms with E-state index in [0.29, 0.717) is 12.1 Å². The van der Waals surface area contributed by atoms with Crippen molar-refractivity contribution in [1.29, 1.82) is 0 Å². The number of aliphatic imine (C=N–C) groups is 1. The number of aromatic nitrogens is 1. The predicted molar refractivity (Wildman–Crippen MR) is 115 cm³/mol.